The van der Waals surface area contributed by atoms with E-state index in [4.69, 9.17) is 14.6 Å². The van der Waals surface area contributed by atoms with E-state index in [1.807, 2.05) is 6.07 Å². The third-order valence-electron chi connectivity index (χ3n) is 5.77. The lowest BCUT2D eigenvalue weighted by Gasteiger charge is -2.23. The van der Waals surface area contributed by atoms with E-state index in [1.54, 1.807) is 13.1 Å². The Morgan fingerprint density at radius 1 is 1.21 bits per heavy atom. The molecule has 1 saturated heterocycles. The van der Waals surface area contributed by atoms with Gasteiger partial charge in [0.2, 0.25) is 0 Å². The second-order valence-corrected chi connectivity index (χ2v) is 8.39. The van der Waals surface area contributed by atoms with Crippen molar-refractivity contribution in [2.75, 3.05) is 19.7 Å². The quantitative estimate of drug-likeness (QED) is 0.455. The number of nitriles is 1. The lowest BCUT2D eigenvalue weighted by atomic mass is 9.95. The van der Waals surface area contributed by atoms with Crippen LogP contribution < -0.4 is 10.1 Å². The number of carboxylic acid groups (broad SMARTS) is 1. The SMILES string of the molecule is Cn1nnc2c(C#N)nc(-c3ccc(OCCC4CCNCC4)c(C(F)(F)F)c3)cc21.O=C(O)C(F)(F)F. The van der Waals surface area contributed by atoms with Crippen LogP contribution in [0.3, 0.4) is 0 Å². The van der Waals surface area contributed by atoms with E-state index in [0.29, 0.717) is 17.0 Å². The third kappa shape index (κ3) is 7.09. The van der Waals surface area contributed by atoms with Crippen molar-refractivity contribution < 1.29 is 41.0 Å². The van der Waals surface area contributed by atoms with E-state index < -0.39 is 23.9 Å². The molecule has 0 unspecified atom stereocenters. The predicted molar refractivity (Wildman–Crippen MR) is 121 cm³/mol. The van der Waals surface area contributed by atoms with Crippen molar-refractivity contribution in [2.24, 2.45) is 13.0 Å². The topological polar surface area (TPSA) is 126 Å². The number of alkyl halides is 6. The number of aryl methyl sites for hydroxylation is 1. The number of benzene rings is 1. The Bertz CT molecular complexity index is 1330. The van der Waals surface area contributed by atoms with Crippen LogP contribution in [0.5, 0.6) is 5.75 Å². The van der Waals surface area contributed by atoms with Gasteiger partial charge in [-0.3, -0.25) is 0 Å². The smallest absolute Gasteiger partial charge is 0.490 e. The lowest BCUT2D eigenvalue weighted by Crippen LogP contribution is -2.28. The number of hydrogen-bond acceptors (Lipinski definition) is 7. The Labute approximate surface area is 212 Å². The van der Waals surface area contributed by atoms with Gasteiger partial charge in [-0.2, -0.15) is 31.6 Å². The Balaban J connectivity index is 0.000000505. The first-order valence-electron chi connectivity index (χ1n) is 11.3. The fraction of sp³-hybridized carbons (Fsp3) is 0.435. The second kappa shape index (κ2) is 11.6. The van der Waals surface area contributed by atoms with Gasteiger partial charge in [0, 0.05) is 12.6 Å². The first kappa shape index (κ1) is 28.6. The highest BCUT2D eigenvalue weighted by molar-refractivity contribution is 5.83. The highest BCUT2D eigenvalue weighted by Crippen LogP contribution is 2.39. The molecular weight excluding hydrogens is 522 g/mol. The zero-order valence-electron chi connectivity index (χ0n) is 19.9. The van der Waals surface area contributed by atoms with Gasteiger partial charge in [-0.25, -0.2) is 14.5 Å². The summed E-state index contributed by atoms with van der Waals surface area (Å²) in [5.74, 6) is -2.50. The molecule has 1 fully saturated rings. The predicted octanol–water partition coefficient (Wildman–Crippen LogP) is 4.32. The summed E-state index contributed by atoms with van der Waals surface area (Å²) < 4.78 is 80.0. The number of nitrogens with one attached hydrogen (secondary N) is 1. The summed E-state index contributed by atoms with van der Waals surface area (Å²) in [6, 6.07) is 7.36. The molecule has 0 bridgehead atoms. The highest BCUT2D eigenvalue weighted by atomic mass is 19.4. The number of halogens is 6. The van der Waals surface area contributed by atoms with Crippen molar-refractivity contribution in [3.63, 3.8) is 0 Å². The molecule has 0 atom stereocenters. The third-order valence-corrected chi connectivity index (χ3v) is 5.77. The van der Waals surface area contributed by atoms with E-state index in [0.717, 1.165) is 38.4 Å². The van der Waals surface area contributed by atoms with E-state index in [9.17, 15) is 31.6 Å². The molecule has 0 saturated carbocycles. The molecule has 3 heterocycles. The number of aromatic nitrogens is 4. The maximum Gasteiger partial charge on any atom is 0.490 e. The Kier molecular flexibility index (Phi) is 8.77. The normalized spacial score (nSPS) is 14.5. The summed E-state index contributed by atoms with van der Waals surface area (Å²) >= 11 is 0. The number of carboxylic acids is 1. The molecule has 3 aromatic rings. The highest BCUT2D eigenvalue weighted by Gasteiger charge is 2.38. The van der Waals surface area contributed by atoms with E-state index in [1.165, 1.54) is 16.8 Å². The number of aliphatic carboxylic acids is 1. The molecule has 1 aromatic carbocycles. The lowest BCUT2D eigenvalue weighted by molar-refractivity contribution is -0.192. The van der Waals surface area contributed by atoms with Crippen LogP contribution in [0.1, 0.15) is 30.5 Å². The minimum absolute atomic E-state index is 0.0106. The molecule has 9 nitrogen and oxygen atoms in total. The molecule has 0 amide bonds. The van der Waals surface area contributed by atoms with E-state index in [-0.39, 0.29) is 29.3 Å². The summed E-state index contributed by atoms with van der Waals surface area (Å²) in [7, 11) is 1.64. The van der Waals surface area contributed by atoms with Crippen LogP contribution in [0, 0.1) is 17.2 Å². The van der Waals surface area contributed by atoms with Crippen molar-refractivity contribution >= 4 is 17.0 Å². The van der Waals surface area contributed by atoms with Crippen LogP contribution in [-0.4, -0.2) is 56.9 Å². The van der Waals surface area contributed by atoms with Gasteiger partial charge in [0.25, 0.3) is 0 Å². The van der Waals surface area contributed by atoms with Gasteiger partial charge in [-0.1, -0.05) is 5.21 Å². The van der Waals surface area contributed by atoms with Gasteiger partial charge in [0.1, 0.15) is 17.3 Å². The monoisotopic (exact) mass is 544 g/mol. The van der Waals surface area contributed by atoms with Gasteiger partial charge in [-0.05, 0) is 62.5 Å². The number of fused-ring (bicyclic) bond motifs is 1. The number of hydrogen-bond donors (Lipinski definition) is 2. The van der Waals surface area contributed by atoms with Crippen LogP contribution in [0.15, 0.2) is 24.3 Å². The summed E-state index contributed by atoms with van der Waals surface area (Å²) in [5, 5.41) is 27.5. The van der Waals surface area contributed by atoms with Gasteiger partial charge < -0.3 is 15.2 Å². The van der Waals surface area contributed by atoms with Crippen molar-refractivity contribution in [2.45, 2.75) is 31.6 Å². The van der Waals surface area contributed by atoms with Crippen molar-refractivity contribution in [3.05, 3.63) is 35.5 Å². The molecule has 0 aliphatic carbocycles. The number of pyridine rings is 1. The van der Waals surface area contributed by atoms with Gasteiger partial charge in [0.15, 0.2) is 5.69 Å². The number of rotatable bonds is 5. The largest absolute Gasteiger partial charge is 0.493 e. The Morgan fingerprint density at radius 3 is 2.45 bits per heavy atom. The van der Waals surface area contributed by atoms with Crippen LogP contribution in [0.4, 0.5) is 26.3 Å². The first-order valence-corrected chi connectivity index (χ1v) is 11.3. The molecule has 1 aliphatic rings. The molecular formula is C23H22F6N6O3. The average molecular weight is 544 g/mol. The number of carbonyl (C=O) groups is 1. The summed E-state index contributed by atoms with van der Waals surface area (Å²) in [6.07, 6.45) is -6.94. The Hall–Kier alpha value is -3.93. The van der Waals surface area contributed by atoms with Crippen molar-refractivity contribution in [1.29, 1.82) is 5.26 Å². The molecule has 2 aromatic heterocycles. The summed E-state index contributed by atoms with van der Waals surface area (Å²) in [4.78, 5) is 13.1. The fourth-order valence-electron chi connectivity index (χ4n) is 3.80. The summed E-state index contributed by atoms with van der Waals surface area (Å²) in [6.45, 7) is 2.10. The van der Waals surface area contributed by atoms with Crippen molar-refractivity contribution in [3.8, 4) is 23.1 Å². The Morgan fingerprint density at radius 2 is 1.87 bits per heavy atom. The first-order chi connectivity index (χ1) is 17.8. The van der Waals surface area contributed by atoms with E-state index in [2.05, 4.69) is 20.6 Å². The number of ether oxygens (including phenoxy) is 1. The minimum atomic E-state index is -5.08. The molecule has 4 rings (SSSR count). The van der Waals surface area contributed by atoms with Gasteiger partial charge >= 0.3 is 18.3 Å². The maximum absolute atomic E-state index is 13.8. The van der Waals surface area contributed by atoms with Crippen molar-refractivity contribution in [1.82, 2.24) is 25.3 Å². The zero-order valence-corrected chi connectivity index (χ0v) is 19.9. The molecule has 204 valence electrons. The van der Waals surface area contributed by atoms with Gasteiger partial charge in [-0.15, -0.1) is 5.10 Å². The standard InChI is InChI=1S/C21H21F3N6O.C2HF3O2/c1-30-18-11-16(27-17(12-25)20(18)28-29-30)14-2-3-19(15(10-14)21(22,23)24)31-9-6-13-4-7-26-8-5-13;3-2(4,5)1(6)7/h2-3,10-11,13,26H,4-9H2,1H3;(H,6,7). The molecule has 15 heteroatoms. The maximum atomic E-state index is 13.8. The van der Waals surface area contributed by atoms with Crippen LogP contribution in [-0.2, 0) is 18.0 Å². The van der Waals surface area contributed by atoms with E-state index >= 15 is 0 Å². The van der Waals surface area contributed by atoms with Crippen LogP contribution >= 0.6 is 0 Å². The second-order valence-electron chi connectivity index (χ2n) is 8.39. The van der Waals surface area contributed by atoms with Gasteiger partial charge in [0.05, 0.1) is 23.4 Å². The summed E-state index contributed by atoms with van der Waals surface area (Å²) in [5.41, 5.74) is 0.439. The number of nitrogens with zero attached hydrogens (tertiary/aromatic N) is 5. The average Bonchev–Trinajstić information content (AvgIpc) is 3.24. The minimum Gasteiger partial charge on any atom is -0.493 e. The molecule has 2 N–H and O–H groups in total. The molecule has 38 heavy (non-hydrogen) atoms. The molecule has 1 aliphatic heterocycles. The molecule has 0 spiro atoms. The zero-order chi connectivity index (χ0) is 28.1. The fourth-order valence-corrected chi connectivity index (χ4v) is 3.80. The molecule has 0 radical (unpaired) electrons. The van der Waals surface area contributed by atoms with Crippen LogP contribution in [0.2, 0.25) is 0 Å². The van der Waals surface area contributed by atoms with Crippen LogP contribution in [0.25, 0.3) is 22.3 Å². The number of piperidine rings is 1.